The van der Waals surface area contributed by atoms with E-state index in [1.807, 2.05) is 13.8 Å². The molecule has 3 heteroatoms. The third-order valence-corrected chi connectivity index (χ3v) is 1.40. The topological polar surface area (TPSA) is 49.3 Å². The van der Waals surface area contributed by atoms with E-state index < -0.39 is 0 Å². The van der Waals surface area contributed by atoms with Gasteiger partial charge in [0.05, 0.1) is 0 Å². The standard InChI is InChI=1S/C7H15NO2/c1-6(9)4-5-7(2,3)8-10/h8,10H,4-5H2,1-3H3. The molecule has 0 bridgehead atoms. The van der Waals surface area contributed by atoms with Gasteiger partial charge in [-0.05, 0) is 27.2 Å². The van der Waals surface area contributed by atoms with Crippen molar-refractivity contribution in [2.45, 2.75) is 39.2 Å². The van der Waals surface area contributed by atoms with Crippen molar-refractivity contribution in [1.82, 2.24) is 5.48 Å². The zero-order chi connectivity index (χ0) is 8.20. The fourth-order valence-electron chi connectivity index (χ4n) is 0.544. The average molecular weight is 145 g/mol. The highest BCUT2D eigenvalue weighted by Gasteiger charge is 2.15. The number of ketones is 1. The summed E-state index contributed by atoms with van der Waals surface area (Å²) < 4.78 is 0. The first-order chi connectivity index (χ1) is 4.48. The summed E-state index contributed by atoms with van der Waals surface area (Å²) in [6, 6.07) is 0. The minimum atomic E-state index is -0.342. The highest BCUT2D eigenvalue weighted by atomic mass is 16.5. The highest BCUT2D eigenvalue weighted by Crippen LogP contribution is 2.09. The number of carbonyl (C=O) groups is 1. The molecule has 0 aromatic carbocycles. The Bertz CT molecular complexity index is 121. The van der Waals surface area contributed by atoms with Gasteiger partial charge in [0.1, 0.15) is 5.78 Å². The minimum Gasteiger partial charge on any atom is -0.316 e. The Hall–Kier alpha value is -0.410. The molecule has 0 aliphatic heterocycles. The fourth-order valence-corrected chi connectivity index (χ4v) is 0.544. The second-order valence-corrected chi connectivity index (χ2v) is 3.20. The van der Waals surface area contributed by atoms with Crippen molar-refractivity contribution in [1.29, 1.82) is 0 Å². The van der Waals surface area contributed by atoms with Crippen LogP contribution in [0.4, 0.5) is 0 Å². The fraction of sp³-hybridized carbons (Fsp3) is 0.857. The zero-order valence-corrected chi connectivity index (χ0v) is 6.77. The quantitative estimate of drug-likeness (QED) is 0.583. The third kappa shape index (κ3) is 4.47. The Kier molecular flexibility index (Phi) is 3.53. The first kappa shape index (κ1) is 9.59. The van der Waals surface area contributed by atoms with Gasteiger partial charge in [0.15, 0.2) is 0 Å². The Morgan fingerprint density at radius 2 is 2.10 bits per heavy atom. The number of hydroxylamine groups is 1. The van der Waals surface area contributed by atoms with Crippen LogP contribution in [-0.4, -0.2) is 16.5 Å². The summed E-state index contributed by atoms with van der Waals surface area (Å²) in [5.74, 6) is 0.156. The second kappa shape index (κ2) is 3.68. The van der Waals surface area contributed by atoms with Crippen LogP contribution in [-0.2, 0) is 4.79 Å². The molecule has 0 amide bonds. The molecule has 0 aromatic heterocycles. The third-order valence-electron chi connectivity index (χ3n) is 1.40. The molecule has 0 aromatic rings. The van der Waals surface area contributed by atoms with Crippen molar-refractivity contribution in [3.63, 3.8) is 0 Å². The normalized spacial score (nSPS) is 11.6. The monoisotopic (exact) mass is 145 g/mol. The first-order valence-corrected chi connectivity index (χ1v) is 3.38. The molecule has 0 saturated heterocycles. The van der Waals surface area contributed by atoms with Crippen LogP contribution in [0.3, 0.4) is 0 Å². The van der Waals surface area contributed by atoms with Gasteiger partial charge in [-0.1, -0.05) is 0 Å². The van der Waals surface area contributed by atoms with Crippen molar-refractivity contribution in [3.8, 4) is 0 Å². The zero-order valence-electron chi connectivity index (χ0n) is 6.77. The second-order valence-electron chi connectivity index (χ2n) is 3.20. The highest BCUT2D eigenvalue weighted by molar-refractivity contribution is 5.75. The molecule has 0 spiro atoms. The van der Waals surface area contributed by atoms with E-state index in [0.29, 0.717) is 12.8 Å². The summed E-state index contributed by atoms with van der Waals surface area (Å²) >= 11 is 0. The molecule has 2 N–H and O–H groups in total. The van der Waals surface area contributed by atoms with E-state index in [4.69, 9.17) is 5.21 Å². The molecule has 3 nitrogen and oxygen atoms in total. The molecule has 0 heterocycles. The van der Waals surface area contributed by atoms with E-state index in [2.05, 4.69) is 5.48 Å². The number of rotatable bonds is 4. The lowest BCUT2D eigenvalue weighted by atomic mass is 9.98. The van der Waals surface area contributed by atoms with Crippen LogP contribution < -0.4 is 5.48 Å². The SMILES string of the molecule is CC(=O)CCC(C)(C)NO. The van der Waals surface area contributed by atoms with E-state index in [1.54, 1.807) is 6.92 Å². The number of Topliss-reactive ketones (excluding diaryl/α,β-unsaturated/α-hetero) is 1. The molecule has 0 saturated carbocycles. The molecule has 0 aliphatic rings. The Labute approximate surface area is 61.4 Å². The van der Waals surface area contributed by atoms with Crippen molar-refractivity contribution in [2.75, 3.05) is 0 Å². The van der Waals surface area contributed by atoms with Crippen molar-refractivity contribution < 1.29 is 10.0 Å². The Morgan fingerprint density at radius 3 is 2.40 bits per heavy atom. The molecule has 0 atom stereocenters. The molecular formula is C7H15NO2. The molecule has 0 rings (SSSR count). The van der Waals surface area contributed by atoms with Gasteiger partial charge in [0, 0.05) is 12.0 Å². The number of carbonyl (C=O) groups excluding carboxylic acids is 1. The van der Waals surface area contributed by atoms with Gasteiger partial charge in [0.2, 0.25) is 0 Å². The van der Waals surface area contributed by atoms with Gasteiger partial charge >= 0.3 is 0 Å². The van der Waals surface area contributed by atoms with E-state index in [1.165, 1.54) is 0 Å². The van der Waals surface area contributed by atoms with Crippen molar-refractivity contribution in [2.24, 2.45) is 0 Å². The van der Waals surface area contributed by atoms with Crippen molar-refractivity contribution in [3.05, 3.63) is 0 Å². The molecule has 0 radical (unpaired) electrons. The maximum absolute atomic E-state index is 10.5. The van der Waals surface area contributed by atoms with Gasteiger partial charge in [-0.2, -0.15) is 0 Å². The molecule has 0 fully saturated rings. The van der Waals surface area contributed by atoms with Gasteiger partial charge in [-0.3, -0.25) is 0 Å². The van der Waals surface area contributed by atoms with Crippen LogP contribution in [0.1, 0.15) is 33.6 Å². The predicted octanol–water partition coefficient (Wildman–Crippen LogP) is 1.11. The largest absolute Gasteiger partial charge is 0.316 e. The lowest BCUT2D eigenvalue weighted by Gasteiger charge is -2.21. The van der Waals surface area contributed by atoms with Crippen molar-refractivity contribution >= 4 is 5.78 Å². The van der Waals surface area contributed by atoms with E-state index in [-0.39, 0.29) is 11.3 Å². The van der Waals surface area contributed by atoms with Crippen LogP contribution in [0.25, 0.3) is 0 Å². The summed E-state index contributed by atoms with van der Waals surface area (Å²) in [6.07, 6.45) is 1.18. The summed E-state index contributed by atoms with van der Waals surface area (Å²) in [7, 11) is 0. The number of hydrogen-bond donors (Lipinski definition) is 2. The summed E-state index contributed by atoms with van der Waals surface area (Å²) in [6.45, 7) is 5.24. The Morgan fingerprint density at radius 1 is 1.60 bits per heavy atom. The lowest BCUT2D eigenvalue weighted by Crippen LogP contribution is -2.36. The van der Waals surface area contributed by atoms with E-state index in [0.717, 1.165) is 0 Å². The van der Waals surface area contributed by atoms with Gasteiger partial charge in [-0.25, -0.2) is 5.48 Å². The first-order valence-electron chi connectivity index (χ1n) is 3.38. The molecule has 60 valence electrons. The predicted molar refractivity (Wildman–Crippen MR) is 38.9 cm³/mol. The van der Waals surface area contributed by atoms with Crippen LogP contribution in [0, 0.1) is 0 Å². The number of hydrogen-bond acceptors (Lipinski definition) is 3. The summed E-state index contributed by atoms with van der Waals surface area (Å²) in [5, 5.41) is 8.55. The molecule has 0 unspecified atom stereocenters. The molecule has 0 aliphatic carbocycles. The van der Waals surface area contributed by atoms with Gasteiger partial charge in [0.25, 0.3) is 0 Å². The van der Waals surface area contributed by atoms with Gasteiger partial charge in [-0.15, -0.1) is 0 Å². The maximum Gasteiger partial charge on any atom is 0.129 e. The summed E-state index contributed by atoms with van der Waals surface area (Å²) in [4.78, 5) is 10.5. The minimum absolute atomic E-state index is 0.156. The van der Waals surface area contributed by atoms with Crippen LogP contribution >= 0.6 is 0 Å². The number of nitrogens with one attached hydrogen (secondary N) is 1. The van der Waals surface area contributed by atoms with E-state index in [9.17, 15) is 4.79 Å². The van der Waals surface area contributed by atoms with Crippen LogP contribution in [0.15, 0.2) is 0 Å². The van der Waals surface area contributed by atoms with Gasteiger partial charge < -0.3 is 10.0 Å². The smallest absolute Gasteiger partial charge is 0.129 e. The van der Waals surface area contributed by atoms with Crippen LogP contribution in [0.2, 0.25) is 0 Å². The molecule has 10 heavy (non-hydrogen) atoms. The molecular weight excluding hydrogens is 130 g/mol. The summed E-state index contributed by atoms with van der Waals surface area (Å²) in [5.41, 5.74) is 1.80. The maximum atomic E-state index is 10.5. The Balaban J connectivity index is 3.56. The van der Waals surface area contributed by atoms with Crippen LogP contribution in [0.5, 0.6) is 0 Å². The lowest BCUT2D eigenvalue weighted by molar-refractivity contribution is -0.117. The van der Waals surface area contributed by atoms with E-state index >= 15 is 0 Å². The average Bonchev–Trinajstić information content (AvgIpc) is 1.85.